The van der Waals surface area contributed by atoms with Gasteiger partial charge in [-0.3, -0.25) is 9.59 Å². The molecule has 1 aromatic heterocycles. The van der Waals surface area contributed by atoms with Crippen LogP contribution in [0.3, 0.4) is 0 Å². The molecule has 2 aromatic carbocycles. The number of nitrogens with one attached hydrogen (secondary N) is 2. The summed E-state index contributed by atoms with van der Waals surface area (Å²) in [6, 6.07) is 15.4. The van der Waals surface area contributed by atoms with Gasteiger partial charge in [0, 0.05) is 23.7 Å². The van der Waals surface area contributed by atoms with Gasteiger partial charge in [-0.25, -0.2) is 0 Å². The molecule has 0 saturated heterocycles. The largest absolute Gasteiger partial charge is 0.496 e. The van der Waals surface area contributed by atoms with Crippen LogP contribution in [-0.2, 0) is 11.3 Å². The van der Waals surface area contributed by atoms with Crippen LogP contribution in [0.15, 0.2) is 71.0 Å². The molecule has 8 heteroatoms. The fourth-order valence-corrected chi connectivity index (χ4v) is 2.97. The number of rotatable bonds is 9. The van der Waals surface area contributed by atoms with Gasteiger partial charge in [0.1, 0.15) is 17.2 Å². The minimum Gasteiger partial charge on any atom is -0.496 e. The second kappa shape index (κ2) is 10.7. The average molecular weight is 436 g/mol. The highest BCUT2D eigenvalue weighted by Crippen LogP contribution is 2.27. The van der Waals surface area contributed by atoms with E-state index in [1.165, 1.54) is 32.6 Å². The minimum absolute atomic E-state index is 0.0228. The lowest BCUT2D eigenvalue weighted by atomic mass is 10.1. The number of carbonyl (C=O) groups excluding carboxylic acids is 2. The van der Waals surface area contributed by atoms with Crippen LogP contribution in [0.5, 0.6) is 17.2 Å². The summed E-state index contributed by atoms with van der Waals surface area (Å²) in [5.41, 5.74) is 1.12. The van der Waals surface area contributed by atoms with E-state index in [9.17, 15) is 9.59 Å². The van der Waals surface area contributed by atoms with E-state index in [1.54, 1.807) is 37.4 Å². The van der Waals surface area contributed by atoms with Gasteiger partial charge in [0.05, 0.1) is 27.6 Å². The van der Waals surface area contributed by atoms with Crippen LogP contribution in [0.4, 0.5) is 0 Å². The van der Waals surface area contributed by atoms with Gasteiger partial charge in [0.2, 0.25) is 0 Å². The Morgan fingerprint density at radius 2 is 1.66 bits per heavy atom. The number of ether oxygens (including phenoxy) is 3. The number of hydrogen-bond donors (Lipinski definition) is 2. The van der Waals surface area contributed by atoms with E-state index in [-0.39, 0.29) is 12.2 Å². The maximum Gasteiger partial charge on any atom is 0.268 e. The Morgan fingerprint density at radius 3 is 2.34 bits per heavy atom. The normalized spacial score (nSPS) is 10.9. The minimum atomic E-state index is -0.490. The van der Waals surface area contributed by atoms with Crippen LogP contribution in [0, 0.1) is 0 Å². The molecule has 166 valence electrons. The van der Waals surface area contributed by atoms with E-state index in [2.05, 4.69) is 10.6 Å². The highest BCUT2D eigenvalue weighted by molar-refractivity contribution is 6.05. The fraction of sp³-hybridized carbons (Fsp3) is 0.167. The molecular formula is C24H24N2O6. The van der Waals surface area contributed by atoms with E-state index >= 15 is 0 Å². The highest BCUT2D eigenvalue weighted by atomic mass is 16.5. The second-order valence-electron chi connectivity index (χ2n) is 6.59. The lowest BCUT2D eigenvalue weighted by Crippen LogP contribution is -2.34. The summed E-state index contributed by atoms with van der Waals surface area (Å²) in [4.78, 5) is 25.8. The molecule has 1 heterocycles. The molecule has 0 unspecified atom stereocenters. The molecule has 0 atom stereocenters. The molecule has 3 rings (SSSR count). The van der Waals surface area contributed by atoms with Gasteiger partial charge in [-0.15, -0.1) is 0 Å². The topological polar surface area (TPSA) is 99.0 Å². The van der Waals surface area contributed by atoms with Crippen molar-refractivity contribution in [2.75, 3.05) is 21.3 Å². The van der Waals surface area contributed by atoms with Crippen molar-refractivity contribution < 1.29 is 28.2 Å². The van der Waals surface area contributed by atoms with Crippen molar-refractivity contribution in [3.05, 3.63) is 83.4 Å². The number of furan rings is 1. The summed E-state index contributed by atoms with van der Waals surface area (Å²) < 4.78 is 21.1. The smallest absolute Gasteiger partial charge is 0.268 e. The Kier molecular flexibility index (Phi) is 7.53. The van der Waals surface area contributed by atoms with Gasteiger partial charge in [-0.05, 0) is 36.4 Å². The monoisotopic (exact) mass is 436 g/mol. The molecule has 8 nitrogen and oxygen atoms in total. The Bertz CT molecular complexity index is 1110. The van der Waals surface area contributed by atoms with Gasteiger partial charge < -0.3 is 29.3 Å². The second-order valence-corrected chi connectivity index (χ2v) is 6.59. The number of benzene rings is 2. The Hall–Kier alpha value is -4.20. The Labute approximate surface area is 185 Å². The third kappa shape index (κ3) is 5.48. The van der Waals surface area contributed by atoms with Gasteiger partial charge in [0.25, 0.3) is 11.8 Å². The summed E-state index contributed by atoms with van der Waals surface area (Å²) in [6.07, 6.45) is 2.93. The SMILES string of the molecule is COc1ccccc1CNC(=O)/C(=C/c1ccco1)NC(=O)c1ccc(OC)c(OC)c1. The zero-order chi connectivity index (χ0) is 22.9. The van der Waals surface area contributed by atoms with E-state index in [0.29, 0.717) is 28.6 Å². The van der Waals surface area contributed by atoms with Gasteiger partial charge in [0.15, 0.2) is 11.5 Å². The highest BCUT2D eigenvalue weighted by Gasteiger charge is 2.17. The predicted molar refractivity (Wildman–Crippen MR) is 119 cm³/mol. The quantitative estimate of drug-likeness (QED) is 0.499. The molecule has 0 saturated carbocycles. The maximum atomic E-state index is 12.9. The molecule has 32 heavy (non-hydrogen) atoms. The number of carbonyl (C=O) groups is 2. The number of amides is 2. The lowest BCUT2D eigenvalue weighted by Gasteiger charge is -2.13. The number of hydrogen-bond acceptors (Lipinski definition) is 6. The fourth-order valence-electron chi connectivity index (χ4n) is 2.97. The summed E-state index contributed by atoms with van der Waals surface area (Å²) in [5, 5.41) is 5.44. The van der Waals surface area contributed by atoms with E-state index in [0.717, 1.165) is 5.56 Å². The molecule has 0 radical (unpaired) electrons. The van der Waals surface area contributed by atoms with Crippen molar-refractivity contribution in [1.82, 2.24) is 10.6 Å². The molecule has 0 aliphatic rings. The first-order chi connectivity index (χ1) is 15.5. The molecular weight excluding hydrogens is 412 g/mol. The molecule has 3 aromatic rings. The molecule has 0 fully saturated rings. The summed E-state index contributed by atoms with van der Waals surface area (Å²) in [5.74, 6) is 0.985. The van der Waals surface area contributed by atoms with Crippen LogP contribution in [0.1, 0.15) is 21.7 Å². The van der Waals surface area contributed by atoms with Crippen molar-refractivity contribution in [2.24, 2.45) is 0 Å². The molecule has 0 bridgehead atoms. The third-order valence-electron chi connectivity index (χ3n) is 4.60. The average Bonchev–Trinajstić information content (AvgIpc) is 3.34. The van der Waals surface area contributed by atoms with Crippen LogP contribution in [0.25, 0.3) is 6.08 Å². The van der Waals surface area contributed by atoms with Crippen LogP contribution in [-0.4, -0.2) is 33.1 Å². The van der Waals surface area contributed by atoms with Crippen LogP contribution < -0.4 is 24.8 Å². The standard InChI is InChI=1S/C24H24N2O6/c1-29-20-9-5-4-7-17(20)15-25-24(28)19(14-18-8-6-12-32-18)26-23(27)16-10-11-21(30-2)22(13-16)31-3/h4-14H,15H2,1-3H3,(H,25,28)(H,26,27)/b19-14-. The maximum absolute atomic E-state index is 12.9. The van der Waals surface area contributed by atoms with E-state index in [4.69, 9.17) is 18.6 Å². The van der Waals surface area contributed by atoms with Gasteiger partial charge >= 0.3 is 0 Å². The molecule has 0 aliphatic heterocycles. The van der Waals surface area contributed by atoms with E-state index in [1.807, 2.05) is 18.2 Å². The zero-order valence-electron chi connectivity index (χ0n) is 18.0. The van der Waals surface area contributed by atoms with E-state index < -0.39 is 11.8 Å². The van der Waals surface area contributed by atoms with Gasteiger partial charge in [-0.2, -0.15) is 0 Å². The van der Waals surface area contributed by atoms with Gasteiger partial charge in [-0.1, -0.05) is 18.2 Å². The first kappa shape index (κ1) is 22.5. The lowest BCUT2D eigenvalue weighted by molar-refractivity contribution is -0.117. The predicted octanol–water partition coefficient (Wildman–Crippen LogP) is 3.39. The molecule has 0 aliphatic carbocycles. The van der Waals surface area contributed by atoms with Crippen molar-refractivity contribution in [3.63, 3.8) is 0 Å². The molecule has 0 spiro atoms. The van der Waals surface area contributed by atoms with Crippen molar-refractivity contribution in [1.29, 1.82) is 0 Å². The van der Waals surface area contributed by atoms with Crippen LogP contribution >= 0.6 is 0 Å². The Morgan fingerprint density at radius 1 is 0.906 bits per heavy atom. The number of methoxy groups -OCH3 is 3. The first-order valence-electron chi connectivity index (χ1n) is 9.74. The molecule has 2 amide bonds. The summed E-state index contributed by atoms with van der Waals surface area (Å²) in [7, 11) is 4.55. The Balaban J connectivity index is 1.80. The molecule has 2 N–H and O–H groups in total. The summed E-state index contributed by atoms with van der Waals surface area (Å²) in [6.45, 7) is 0.213. The van der Waals surface area contributed by atoms with Crippen molar-refractivity contribution >= 4 is 17.9 Å². The first-order valence-corrected chi connectivity index (χ1v) is 9.74. The number of para-hydroxylation sites is 1. The van der Waals surface area contributed by atoms with Crippen molar-refractivity contribution in [2.45, 2.75) is 6.54 Å². The zero-order valence-corrected chi connectivity index (χ0v) is 18.0. The van der Waals surface area contributed by atoms with Crippen molar-refractivity contribution in [3.8, 4) is 17.2 Å². The summed E-state index contributed by atoms with van der Waals surface area (Å²) >= 11 is 0. The third-order valence-corrected chi connectivity index (χ3v) is 4.60. The van der Waals surface area contributed by atoms with Crippen LogP contribution in [0.2, 0.25) is 0 Å².